The van der Waals surface area contributed by atoms with Crippen LogP contribution in [0.15, 0.2) is 18.3 Å². The maximum absolute atomic E-state index is 9.14. The summed E-state index contributed by atoms with van der Waals surface area (Å²) in [4.78, 5) is 9.06. The molecule has 2 aromatic heterocycles. The number of nitrogens with one attached hydrogen (secondary N) is 2. The SMILES string of the molecule is N#Cc1cc2cnc(NC3CCCNC3)cc2c(C2CC2)n1. The predicted octanol–water partition coefficient (Wildman–Crippen LogP) is 2.54. The standard InChI is InChI=1S/C17H19N5/c18-8-14-6-12-9-20-16(21-13-2-1-5-19-10-13)7-15(12)17(22-14)11-3-4-11/h6-7,9,11,13,19H,1-5,10H2,(H,20,21). The van der Waals surface area contributed by atoms with Crippen LogP contribution in [0.25, 0.3) is 10.8 Å². The molecular formula is C17H19N5. The van der Waals surface area contributed by atoms with E-state index in [9.17, 15) is 0 Å². The minimum absolute atomic E-state index is 0.439. The zero-order valence-electron chi connectivity index (χ0n) is 12.5. The van der Waals surface area contributed by atoms with Gasteiger partial charge in [-0.25, -0.2) is 9.97 Å². The van der Waals surface area contributed by atoms with Gasteiger partial charge >= 0.3 is 0 Å². The highest BCUT2D eigenvalue weighted by Gasteiger charge is 2.27. The molecule has 2 fully saturated rings. The Balaban J connectivity index is 1.70. The molecule has 1 aliphatic heterocycles. The molecule has 2 N–H and O–H groups in total. The zero-order valence-corrected chi connectivity index (χ0v) is 12.5. The third kappa shape index (κ3) is 2.62. The van der Waals surface area contributed by atoms with Crippen molar-refractivity contribution >= 4 is 16.6 Å². The van der Waals surface area contributed by atoms with Crippen molar-refractivity contribution in [2.24, 2.45) is 0 Å². The van der Waals surface area contributed by atoms with E-state index in [-0.39, 0.29) is 0 Å². The third-order valence-corrected chi connectivity index (χ3v) is 4.47. The number of piperidine rings is 1. The summed E-state index contributed by atoms with van der Waals surface area (Å²) in [6.45, 7) is 2.09. The summed E-state index contributed by atoms with van der Waals surface area (Å²) in [7, 11) is 0. The fraction of sp³-hybridized carbons (Fsp3) is 0.471. The molecule has 4 rings (SSSR count). The van der Waals surface area contributed by atoms with E-state index in [0.717, 1.165) is 35.4 Å². The van der Waals surface area contributed by atoms with Crippen LogP contribution < -0.4 is 10.6 Å². The Hall–Kier alpha value is -2.19. The van der Waals surface area contributed by atoms with Crippen LogP contribution >= 0.6 is 0 Å². The normalized spacial score (nSPS) is 21.5. The Labute approximate surface area is 129 Å². The van der Waals surface area contributed by atoms with Gasteiger partial charge < -0.3 is 10.6 Å². The van der Waals surface area contributed by atoms with E-state index in [1.165, 1.54) is 25.7 Å². The van der Waals surface area contributed by atoms with Crippen LogP contribution in [0.3, 0.4) is 0 Å². The first-order chi connectivity index (χ1) is 10.8. The van der Waals surface area contributed by atoms with E-state index in [1.807, 2.05) is 12.3 Å². The summed E-state index contributed by atoms with van der Waals surface area (Å²) < 4.78 is 0. The first-order valence-corrected chi connectivity index (χ1v) is 8.01. The highest BCUT2D eigenvalue weighted by Crippen LogP contribution is 2.42. The molecule has 2 aliphatic rings. The summed E-state index contributed by atoms with van der Waals surface area (Å²) in [5.41, 5.74) is 1.56. The highest BCUT2D eigenvalue weighted by atomic mass is 15.1. The van der Waals surface area contributed by atoms with E-state index in [4.69, 9.17) is 5.26 Å². The molecule has 0 radical (unpaired) electrons. The molecule has 1 aliphatic carbocycles. The van der Waals surface area contributed by atoms with Gasteiger partial charge in [-0.2, -0.15) is 5.26 Å². The molecule has 22 heavy (non-hydrogen) atoms. The van der Waals surface area contributed by atoms with Crippen LogP contribution in [0.5, 0.6) is 0 Å². The van der Waals surface area contributed by atoms with E-state index >= 15 is 0 Å². The van der Waals surface area contributed by atoms with Crippen LogP contribution in [-0.2, 0) is 0 Å². The summed E-state index contributed by atoms with van der Waals surface area (Å²) in [6.07, 6.45) is 6.59. The van der Waals surface area contributed by atoms with Crippen molar-refractivity contribution in [2.75, 3.05) is 18.4 Å². The van der Waals surface area contributed by atoms with Gasteiger partial charge in [0.15, 0.2) is 0 Å². The Morgan fingerprint density at radius 3 is 2.91 bits per heavy atom. The first-order valence-electron chi connectivity index (χ1n) is 8.01. The van der Waals surface area contributed by atoms with Crippen molar-refractivity contribution in [1.82, 2.24) is 15.3 Å². The van der Waals surface area contributed by atoms with Crippen molar-refractivity contribution in [3.8, 4) is 6.07 Å². The maximum atomic E-state index is 9.14. The second-order valence-corrected chi connectivity index (χ2v) is 6.26. The third-order valence-electron chi connectivity index (χ3n) is 4.47. The van der Waals surface area contributed by atoms with E-state index in [0.29, 0.717) is 17.7 Å². The summed E-state index contributed by atoms with van der Waals surface area (Å²) in [5, 5.41) is 18.2. The maximum Gasteiger partial charge on any atom is 0.141 e. The molecule has 1 unspecified atom stereocenters. The van der Waals surface area contributed by atoms with Crippen molar-refractivity contribution in [3.63, 3.8) is 0 Å². The topological polar surface area (TPSA) is 73.6 Å². The van der Waals surface area contributed by atoms with Crippen LogP contribution in [-0.4, -0.2) is 29.1 Å². The van der Waals surface area contributed by atoms with Crippen LogP contribution in [0, 0.1) is 11.3 Å². The van der Waals surface area contributed by atoms with Crippen LogP contribution in [0.1, 0.15) is 43.0 Å². The average molecular weight is 293 g/mol. The summed E-state index contributed by atoms with van der Waals surface area (Å²) in [6, 6.07) is 6.54. The molecular weight excluding hydrogens is 274 g/mol. The van der Waals surface area contributed by atoms with E-state index in [1.54, 1.807) is 0 Å². The second kappa shape index (κ2) is 5.54. The molecule has 3 heterocycles. The van der Waals surface area contributed by atoms with Gasteiger partial charge in [0, 0.05) is 35.5 Å². The van der Waals surface area contributed by atoms with Gasteiger partial charge in [-0.05, 0) is 44.4 Å². The van der Waals surface area contributed by atoms with Gasteiger partial charge in [-0.1, -0.05) is 0 Å². The number of nitriles is 1. The minimum atomic E-state index is 0.439. The highest BCUT2D eigenvalue weighted by molar-refractivity contribution is 5.87. The van der Waals surface area contributed by atoms with Crippen LogP contribution in [0.4, 0.5) is 5.82 Å². The number of rotatable bonds is 3. The molecule has 0 bridgehead atoms. The number of hydrogen-bond donors (Lipinski definition) is 2. The van der Waals surface area contributed by atoms with Crippen LogP contribution in [0.2, 0.25) is 0 Å². The Morgan fingerprint density at radius 2 is 2.18 bits per heavy atom. The van der Waals surface area contributed by atoms with Crippen molar-refractivity contribution in [3.05, 3.63) is 29.7 Å². The van der Waals surface area contributed by atoms with Gasteiger partial charge in [-0.3, -0.25) is 0 Å². The van der Waals surface area contributed by atoms with Gasteiger partial charge in [-0.15, -0.1) is 0 Å². The van der Waals surface area contributed by atoms with E-state index < -0.39 is 0 Å². The summed E-state index contributed by atoms with van der Waals surface area (Å²) in [5.74, 6) is 1.43. The number of pyridine rings is 2. The molecule has 5 heteroatoms. The summed E-state index contributed by atoms with van der Waals surface area (Å²) >= 11 is 0. The molecule has 1 saturated heterocycles. The molecule has 1 saturated carbocycles. The Morgan fingerprint density at radius 1 is 1.27 bits per heavy atom. The number of nitrogens with zero attached hydrogens (tertiary/aromatic N) is 3. The molecule has 2 aromatic rings. The van der Waals surface area contributed by atoms with E-state index in [2.05, 4.69) is 32.7 Å². The second-order valence-electron chi connectivity index (χ2n) is 6.26. The molecule has 0 aromatic carbocycles. The number of aromatic nitrogens is 2. The van der Waals surface area contributed by atoms with Gasteiger partial charge in [0.2, 0.25) is 0 Å². The number of fused-ring (bicyclic) bond motifs is 1. The lowest BCUT2D eigenvalue weighted by molar-refractivity contribution is 0.479. The molecule has 5 nitrogen and oxygen atoms in total. The average Bonchev–Trinajstić information content (AvgIpc) is 3.40. The largest absolute Gasteiger partial charge is 0.366 e. The van der Waals surface area contributed by atoms with Gasteiger partial charge in [0.05, 0.1) is 5.69 Å². The lowest BCUT2D eigenvalue weighted by Crippen LogP contribution is -2.38. The van der Waals surface area contributed by atoms with Crippen molar-refractivity contribution in [1.29, 1.82) is 5.26 Å². The fourth-order valence-electron chi connectivity index (χ4n) is 3.16. The molecule has 112 valence electrons. The van der Waals surface area contributed by atoms with Crippen molar-refractivity contribution in [2.45, 2.75) is 37.6 Å². The molecule has 1 atom stereocenters. The quantitative estimate of drug-likeness (QED) is 0.909. The Bertz CT molecular complexity index is 739. The smallest absolute Gasteiger partial charge is 0.141 e. The van der Waals surface area contributed by atoms with Crippen molar-refractivity contribution < 1.29 is 0 Å². The number of anilines is 1. The lowest BCUT2D eigenvalue weighted by Gasteiger charge is -2.24. The minimum Gasteiger partial charge on any atom is -0.366 e. The van der Waals surface area contributed by atoms with Gasteiger partial charge in [0.25, 0.3) is 0 Å². The van der Waals surface area contributed by atoms with Gasteiger partial charge in [0.1, 0.15) is 17.6 Å². The predicted molar refractivity (Wildman–Crippen MR) is 85.7 cm³/mol. The molecule has 0 amide bonds. The lowest BCUT2D eigenvalue weighted by atomic mass is 10.1. The Kier molecular flexibility index (Phi) is 3.39. The fourth-order valence-corrected chi connectivity index (χ4v) is 3.16. The number of hydrogen-bond acceptors (Lipinski definition) is 5. The monoisotopic (exact) mass is 293 g/mol. The first kappa shape index (κ1) is 13.5. The molecule has 0 spiro atoms. The zero-order chi connectivity index (χ0) is 14.9.